The molecular formula is C24H22BrNO4. The van der Waals surface area contributed by atoms with Crippen molar-refractivity contribution >= 4 is 32.8 Å². The first-order valence-corrected chi connectivity index (χ1v) is 11.0. The molecule has 2 aromatic carbocycles. The number of ether oxygens (including phenoxy) is 1. The lowest BCUT2D eigenvalue weighted by Crippen LogP contribution is -2.36. The van der Waals surface area contributed by atoms with Crippen LogP contribution in [-0.2, 0) is 4.74 Å². The highest BCUT2D eigenvalue weighted by Gasteiger charge is 2.44. The Morgan fingerprint density at radius 2 is 1.93 bits per heavy atom. The molecule has 2 atom stereocenters. The minimum absolute atomic E-state index is 0.0214. The molecule has 5 nitrogen and oxygen atoms in total. The SMILES string of the molecule is Cc1cc2oc3c(c(=O)c2cc1C)[C@@H](c1cccc(Br)c1)N(C[C@@H]1CCCO1)C3=O. The summed E-state index contributed by atoms with van der Waals surface area (Å²) < 4.78 is 12.8. The molecule has 154 valence electrons. The molecule has 6 heteroatoms. The quantitative estimate of drug-likeness (QED) is 0.549. The fourth-order valence-corrected chi connectivity index (χ4v) is 4.91. The molecule has 3 aromatic rings. The van der Waals surface area contributed by atoms with Crippen LogP contribution in [0.2, 0.25) is 0 Å². The van der Waals surface area contributed by atoms with Crippen molar-refractivity contribution in [3.8, 4) is 0 Å². The molecule has 3 heterocycles. The van der Waals surface area contributed by atoms with Crippen molar-refractivity contribution in [2.24, 2.45) is 0 Å². The summed E-state index contributed by atoms with van der Waals surface area (Å²) in [6.45, 7) is 5.09. The Kier molecular flexibility index (Phi) is 4.79. The second-order valence-electron chi connectivity index (χ2n) is 8.16. The normalized spacial score (nSPS) is 20.9. The van der Waals surface area contributed by atoms with Gasteiger partial charge in [-0.1, -0.05) is 28.1 Å². The largest absolute Gasteiger partial charge is 0.450 e. The van der Waals surface area contributed by atoms with Gasteiger partial charge in [0.1, 0.15) is 5.58 Å². The van der Waals surface area contributed by atoms with E-state index < -0.39 is 6.04 Å². The number of carbonyl (C=O) groups excluding carboxylic acids is 1. The predicted molar refractivity (Wildman–Crippen MR) is 118 cm³/mol. The molecule has 5 rings (SSSR count). The van der Waals surface area contributed by atoms with E-state index in [0.29, 0.717) is 29.7 Å². The highest BCUT2D eigenvalue weighted by Crippen LogP contribution is 2.39. The summed E-state index contributed by atoms with van der Waals surface area (Å²) in [7, 11) is 0. The molecule has 0 aliphatic carbocycles. The van der Waals surface area contributed by atoms with E-state index in [-0.39, 0.29) is 23.2 Å². The lowest BCUT2D eigenvalue weighted by Gasteiger charge is -2.27. The molecule has 1 amide bonds. The van der Waals surface area contributed by atoms with Gasteiger partial charge in [-0.05, 0) is 67.6 Å². The molecule has 1 saturated heterocycles. The van der Waals surface area contributed by atoms with Crippen LogP contribution in [0.4, 0.5) is 0 Å². The van der Waals surface area contributed by atoms with Gasteiger partial charge in [0.05, 0.1) is 23.1 Å². The maximum Gasteiger partial charge on any atom is 0.291 e. The van der Waals surface area contributed by atoms with Gasteiger partial charge in [-0.25, -0.2) is 0 Å². The molecule has 0 radical (unpaired) electrons. The monoisotopic (exact) mass is 467 g/mol. The summed E-state index contributed by atoms with van der Waals surface area (Å²) >= 11 is 3.52. The Bertz CT molecular complexity index is 1230. The van der Waals surface area contributed by atoms with Gasteiger partial charge in [-0.3, -0.25) is 9.59 Å². The zero-order valence-electron chi connectivity index (χ0n) is 16.9. The molecule has 0 unspecified atom stereocenters. The highest BCUT2D eigenvalue weighted by molar-refractivity contribution is 9.10. The Balaban J connectivity index is 1.73. The molecule has 0 spiro atoms. The van der Waals surface area contributed by atoms with Gasteiger partial charge in [0.15, 0.2) is 5.43 Å². The Hall–Kier alpha value is -2.44. The summed E-state index contributed by atoms with van der Waals surface area (Å²) in [5.74, 6) is -0.0959. The Morgan fingerprint density at radius 1 is 1.13 bits per heavy atom. The van der Waals surface area contributed by atoms with Crippen LogP contribution >= 0.6 is 15.9 Å². The van der Waals surface area contributed by atoms with Gasteiger partial charge in [0.2, 0.25) is 5.76 Å². The van der Waals surface area contributed by atoms with Crippen molar-refractivity contribution in [3.05, 3.63) is 79.1 Å². The first kappa shape index (κ1) is 19.5. The van der Waals surface area contributed by atoms with Crippen LogP contribution < -0.4 is 5.43 Å². The summed E-state index contributed by atoms with van der Waals surface area (Å²) in [4.78, 5) is 28.8. The fraction of sp³-hybridized carbons (Fsp3) is 0.333. The molecule has 0 bridgehead atoms. The minimum atomic E-state index is -0.489. The van der Waals surface area contributed by atoms with Crippen LogP contribution in [-0.4, -0.2) is 30.1 Å². The third kappa shape index (κ3) is 3.10. The zero-order valence-corrected chi connectivity index (χ0v) is 18.5. The van der Waals surface area contributed by atoms with E-state index in [4.69, 9.17) is 9.15 Å². The Morgan fingerprint density at radius 3 is 2.67 bits per heavy atom. The number of aryl methyl sites for hydroxylation is 2. The fourth-order valence-electron chi connectivity index (χ4n) is 4.49. The number of hydrogen-bond acceptors (Lipinski definition) is 4. The number of benzene rings is 2. The first-order valence-electron chi connectivity index (χ1n) is 10.2. The molecule has 2 aliphatic rings. The van der Waals surface area contributed by atoms with Crippen molar-refractivity contribution < 1.29 is 13.9 Å². The van der Waals surface area contributed by atoms with Gasteiger partial charge in [0.25, 0.3) is 5.91 Å². The van der Waals surface area contributed by atoms with E-state index >= 15 is 0 Å². The molecule has 30 heavy (non-hydrogen) atoms. The molecule has 0 N–H and O–H groups in total. The van der Waals surface area contributed by atoms with E-state index in [1.807, 2.05) is 50.2 Å². The van der Waals surface area contributed by atoms with E-state index in [1.165, 1.54) is 0 Å². The standard InChI is InChI=1S/C24H22BrNO4/c1-13-9-18-19(10-14(13)2)30-23-20(22(18)27)21(15-5-3-6-16(25)11-15)26(24(23)28)12-17-7-4-8-29-17/h3,5-6,9-11,17,21H,4,7-8,12H2,1-2H3/t17-,21+/m0/s1. The minimum Gasteiger partial charge on any atom is -0.450 e. The Labute approximate surface area is 182 Å². The van der Waals surface area contributed by atoms with Crippen molar-refractivity contribution in [1.82, 2.24) is 4.90 Å². The molecule has 1 aromatic heterocycles. The summed E-state index contributed by atoms with van der Waals surface area (Å²) in [6.07, 6.45) is 1.88. The molecule has 0 saturated carbocycles. The van der Waals surface area contributed by atoms with Gasteiger partial charge < -0.3 is 14.1 Å². The third-order valence-electron chi connectivity index (χ3n) is 6.17. The highest BCUT2D eigenvalue weighted by atomic mass is 79.9. The number of halogens is 1. The lowest BCUT2D eigenvalue weighted by atomic mass is 9.97. The van der Waals surface area contributed by atoms with Crippen molar-refractivity contribution in [2.75, 3.05) is 13.2 Å². The summed E-state index contributed by atoms with van der Waals surface area (Å²) in [5, 5.41) is 0.517. The lowest BCUT2D eigenvalue weighted by molar-refractivity contribution is 0.0486. The number of nitrogens with zero attached hydrogens (tertiary/aromatic N) is 1. The number of amides is 1. The van der Waals surface area contributed by atoms with Crippen LogP contribution in [0.5, 0.6) is 0 Å². The third-order valence-corrected chi connectivity index (χ3v) is 6.66. The van der Waals surface area contributed by atoms with Crippen molar-refractivity contribution in [3.63, 3.8) is 0 Å². The van der Waals surface area contributed by atoms with Crippen LogP contribution in [0.15, 0.2) is 50.1 Å². The van der Waals surface area contributed by atoms with Crippen LogP contribution in [0.1, 0.15) is 51.7 Å². The number of hydrogen-bond donors (Lipinski definition) is 0. The van der Waals surface area contributed by atoms with Crippen LogP contribution in [0.3, 0.4) is 0 Å². The average molecular weight is 468 g/mol. The topological polar surface area (TPSA) is 59.8 Å². The summed E-state index contributed by atoms with van der Waals surface area (Å²) in [6, 6.07) is 11.0. The molecule has 2 aliphatic heterocycles. The second-order valence-corrected chi connectivity index (χ2v) is 9.07. The molecule has 1 fully saturated rings. The van der Waals surface area contributed by atoms with Gasteiger partial charge in [-0.15, -0.1) is 0 Å². The number of carbonyl (C=O) groups is 1. The summed E-state index contributed by atoms with van der Waals surface area (Å²) in [5.41, 5.74) is 3.67. The van der Waals surface area contributed by atoms with E-state index in [1.54, 1.807) is 4.90 Å². The van der Waals surface area contributed by atoms with E-state index in [2.05, 4.69) is 15.9 Å². The average Bonchev–Trinajstić information content (AvgIpc) is 3.32. The maximum absolute atomic E-state index is 13.6. The van der Waals surface area contributed by atoms with Crippen molar-refractivity contribution in [1.29, 1.82) is 0 Å². The smallest absolute Gasteiger partial charge is 0.291 e. The first-order chi connectivity index (χ1) is 14.4. The number of fused-ring (bicyclic) bond motifs is 2. The van der Waals surface area contributed by atoms with Gasteiger partial charge >= 0.3 is 0 Å². The van der Waals surface area contributed by atoms with Crippen LogP contribution in [0.25, 0.3) is 11.0 Å². The number of rotatable bonds is 3. The second kappa shape index (κ2) is 7.36. The van der Waals surface area contributed by atoms with Crippen molar-refractivity contribution in [2.45, 2.75) is 38.8 Å². The predicted octanol–water partition coefficient (Wildman–Crippen LogP) is 4.90. The van der Waals surface area contributed by atoms with Gasteiger partial charge in [-0.2, -0.15) is 0 Å². The van der Waals surface area contributed by atoms with Crippen LogP contribution in [0, 0.1) is 13.8 Å². The molecular weight excluding hydrogens is 446 g/mol. The van der Waals surface area contributed by atoms with E-state index in [0.717, 1.165) is 34.0 Å². The maximum atomic E-state index is 13.6. The van der Waals surface area contributed by atoms with Gasteiger partial charge in [0, 0.05) is 17.6 Å². The van der Waals surface area contributed by atoms with E-state index in [9.17, 15) is 9.59 Å². The zero-order chi connectivity index (χ0) is 21.0.